The zero-order chi connectivity index (χ0) is 20.1. The molecule has 4 nitrogen and oxygen atoms in total. The number of aliphatic imine (C=N–C) groups is 1. The first-order valence-electron chi connectivity index (χ1n) is 9.67. The summed E-state index contributed by atoms with van der Waals surface area (Å²) in [6, 6.07) is 28.8. The van der Waals surface area contributed by atoms with Crippen molar-refractivity contribution in [3.05, 3.63) is 108 Å². The minimum atomic E-state index is -0.338. The van der Waals surface area contributed by atoms with Crippen molar-refractivity contribution in [2.75, 3.05) is 5.32 Å². The van der Waals surface area contributed by atoms with Crippen molar-refractivity contribution < 1.29 is 9.90 Å². The van der Waals surface area contributed by atoms with Gasteiger partial charge >= 0.3 is 0 Å². The van der Waals surface area contributed by atoms with Crippen LogP contribution in [0.5, 0.6) is 0 Å². The number of amides is 1. The number of hydrogen-bond acceptors (Lipinski definition) is 3. The van der Waals surface area contributed by atoms with Crippen LogP contribution in [0.1, 0.15) is 24.3 Å². The van der Waals surface area contributed by atoms with E-state index in [-0.39, 0.29) is 23.2 Å². The summed E-state index contributed by atoms with van der Waals surface area (Å²) in [7, 11) is 0. The predicted octanol–water partition coefficient (Wildman–Crippen LogP) is 5.79. The lowest BCUT2D eigenvalue weighted by atomic mass is 9.82. The van der Waals surface area contributed by atoms with Crippen molar-refractivity contribution >= 4 is 23.0 Å². The highest BCUT2D eigenvalue weighted by Crippen LogP contribution is 2.35. The Bertz CT molecular complexity index is 1040. The normalized spacial score (nSPS) is 17.9. The van der Waals surface area contributed by atoms with Gasteiger partial charge in [-0.3, -0.25) is 9.79 Å². The fourth-order valence-corrected chi connectivity index (χ4v) is 3.61. The number of aliphatic hydroxyl groups is 1. The highest BCUT2D eigenvalue weighted by atomic mass is 16.3. The molecule has 2 N–H and O–H groups in total. The summed E-state index contributed by atoms with van der Waals surface area (Å²) >= 11 is 0. The Kier molecular flexibility index (Phi) is 5.52. The van der Waals surface area contributed by atoms with Crippen molar-refractivity contribution in [3.63, 3.8) is 0 Å². The van der Waals surface area contributed by atoms with Crippen molar-refractivity contribution in [1.29, 1.82) is 0 Å². The maximum atomic E-state index is 13.0. The minimum Gasteiger partial charge on any atom is -0.511 e. The van der Waals surface area contributed by atoms with E-state index in [2.05, 4.69) is 5.32 Å². The first-order chi connectivity index (χ1) is 14.2. The second-order valence-electron chi connectivity index (χ2n) is 7.05. The third-order valence-corrected chi connectivity index (χ3v) is 5.01. The minimum absolute atomic E-state index is 0.0759. The summed E-state index contributed by atoms with van der Waals surface area (Å²) in [5, 5.41) is 13.7. The quantitative estimate of drug-likeness (QED) is 0.600. The second kappa shape index (κ2) is 8.57. The molecule has 4 heteroatoms. The number of carbonyl (C=O) groups excluding carboxylic acids is 1. The van der Waals surface area contributed by atoms with Crippen LogP contribution in [0.25, 0.3) is 0 Å². The zero-order valence-electron chi connectivity index (χ0n) is 16.0. The van der Waals surface area contributed by atoms with E-state index in [1.807, 2.05) is 91.0 Å². The Labute approximate surface area is 170 Å². The number of aliphatic hydroxyl groups excluding tert-OH is 1. The number of rotatable bonds is 4. The largest absolute Gasteiger partial charge is 0.511 e. The molecular formula is C25H22N2O2. The number of allylic oxidation sites excluding steroid dienone is 1. The molecule has 0 heterocycles. The van der Waals surface area contributed by atoms with Gasteiger partial charge in [-0.25, -0.2) is 0 Å². The van der Waals surface area contributed by atoms with E-state index in [0.29, 0.717) is 24.2 Å². The number of carbonyl (C=O) groups is 1. The van der Waals surface area contributed by atoms with Gasteiger partial charge in [-0.15, -0.1) is 0 Å². The van der Waals surface area contributed by atoms with E-state index < -0.39 is 0 Å². The van der Waals surface area contributed by atoms with Gasteiger partial charge < -0.3 is 10.4 Å². The second-order valence-corrected chi connectivity index (χ2v) is 7.05. The number of hydrogen-bond donors (Lipinski definition) is 2. The topological polar surface area (TPSA) is 61.7 Å². The van der Waals surface area contributed by atoms with Gasteiger partial charge in [0.15, 0.2) is 0 Å². The lowest BCUT2D eigenvalue weighted by Crippen LogP contribution is -2.27. The first kappa shape index (κ1) is 18.7. The van der Waals surface area contributed by atoms with Crippen molar-refractivity contribution in [1.82, 2.24) is 0 Å². The van der Waals surface area contributed by atoms with Gasteiger partial charge in [-0.2, -0.15) is 0 Å². The molecule has 0 unspecified atom stereocenters. The maximum Gasteiger partial charge on any atom is 0.260 e. The van der Waals surface area contributed by atoms with E-state index >= 15 is 0 Å². The summed E-state index contributed by atoms with van der Waals surface area (Å²) in [4.78, 5) is 17.7. The van der Waals surface area contributed by atoms with Crippen molar-refractivity contribution in [2.45, 2.75) is 18.8 Å². The molecule has 1 amide bonds. The molecule has 3 aromatic carbocycles. The molecule has 0 saturated heterocycles. The molecule has 0 aromatic heterocycles. The van der Waals surface area contributed by atoms with Gasteiger partial charge in [0.05, 0.1) is 17.0 Å². The van der Waals surface area contributed by atoms with Gasteiger partial charge in [-0.1, -0.05) is 66.7 Å². The van der Waals surface area contributed by atoms with E-state index in [4.69, 9.17) is 4.99 Å². The molecule has 0 fully saturated rings. The van der Waals surface area contributed by atoms with Crippen LogP contribution >= 0.6 is 0 Å². The highest BCUT2D eigenvalue weighted by Gasteiger charge is 2.31. The SMILES string of the molecule is O=C(Nc1ccccc1)C1=C(O)C[C@@H](c2ccccc2)CC1=Nc1ccccc1. The first-order valence-corrected chi connectivity index (χ1v) is 9.67. The summed E-state index contributed by atoms with van der Waals surface area (Å²) in [6.07, 6.45) is 0.996. The molecule has 3 aromatic rings. The van der Waals surface area contributed by atoms with Gasteiger partial charge in [0, 0.05) is 12.1 Å². The number of benzene rings is 3. The Hall–Kier alpha value is -3.66. The average Bonchev–Trinajstić information content (AvgIpc) is 2.75. The van der Waals surface area contributed by atoms with Crippen LogP contribution in [0.3, 0.4) is 0 Å². The van der Waals surface area contributed by atoms with Gasteiger partial charge in [-0.05, 0) is 42.2 Å². The van der Waals surface area contributed by atoms with Crippen LogP contribution in [0, 0.1) is 0 Å². The van der Waals surface area contributed by atoms with Crippen LogP contribution in [0.15, 0.2) is 107 Å². The molecule has 29 heavy (non-hydrogen) atoms. The fourth-order valence-electron chi connectivity index (χ4n) is 3.61. The van der Waals surface area contributed by atoms with Gasteiger partial charge in [0.2, 0.25) is 0 Å². The van der Waals surface area contributed by atoms with Crippen LogP contribution in [0.4, 0.5) is 11.4 Å². The molecule has 0 saturated carbocycles. The number of nitrogens with zero attached hydrogens (tertiary/aromatic N) is 1. The molecule has 4 rings (SSSR count). The molecule has 0 radical (unpaired) electrons. The Morgan fingerprint density at radius 3 is 2.07 bits per heavy atom. The fraction of sp³-hybridized carbons (Fsp3) is 0.120. The lowest BCUT2D eigenvalue weighted by molar-refractivity contribution is -0.112. The van der Waals surface area contributed by atoms with E-state index in [1.165, 1.54) is 0 Å². The van der Waals surface area contributed by atoms with Crippen LogP contribution in [0.2, 0.25) is 0 Å². The van der Waals surface area contributed by atoms with Crippen LogP contribution in [-0.4, -0.2) is 16.7 Å². The molecule has 0 bridgehead atoms. The molecule has 0 aliphatic heterocycles. The number of para-hydroxylation sites is 2. The summed E-state index contributed by atoms with van der Waals surface area (Å²) in [5.74, 6) is -0.185. The molecule has 1 aliphatic carbocycles. The van der Waals surface area contributed by atoms with Crippen LogP contribution in [-0.2, 0) is 4.79 Å². The monoisotopic (exact) mass is 382 g/mol. The molecular weight excluding hydrogens is 360 g/mol. The Morgan fingerprint density at radius 2 is 1.41 bits per heavy atom. The number of nitrogens with one attached hydrogen (secondary N) is 1. The molecule has 0 spiro atoms. The summed E-state index contributed by atoms with van der Waals surface area (Å²) < 4.78 is 0. The van der Waals surface area contributed by atoms with Gasteiger partial charge in [0.1, 0.15) is 5.76 Å². The Morgan fingerprint density at radius 1 is 0.828 bits per heavy atom. The standard InChI is InChI=1S/C25H22N2O2/c28-23-17-19(18-10-4-1-5-11-18)16-22(26-20-12-6-2-7-13-20)24(23)25(29)27-21-14-8-3-9-15-21/h1-15,19,28H,16-17H2,(H,27,29)/t19-/m0/s1. The smallest absolute Gasteiger partial charge is 0.260 e. The summed E-state index contributed by atoms with van der Waals surface area (Å²) in [5.41, 5.74) is 3.44. The van der Waals surface area contributed by atoms with E-state index in [1.54, 1.807) is 0 Å². The third-order valence-electron chi connectivity index (χ3n) is 5.01. The van der Waals surface area contributed by atoms with Crippen molar-refractivity contribution in [3.8, 4) is 0 Å². The maximum absolute atomic E-state index is 13.0. The van der Waals surface area contributed by atoms with E-state index in [0.717, 1.165) is 11.3 Å². The molecule has 1 aliphatic rings. The third kappa shape index (κ3) is 4.43. The highest BCUT2D eigenvalue weighted by molar-refractivity contribution is 6.26. The molecule has 1 atom stereocenters. The molecule has 144 valence electrons. The zero-order valence-corrected chi connectivity index (χ0v) is 16.0. The van der Waals surface area contributed by atoms with Gasteiger partial charge in [0.25, 0.3) is 5.91 Å². The van der Waals surface area contributed by atoms with Crippen LogP contribution < -0.4 is 5.32 Å². The van der Waals surface area contributed by atoms with Crippen molar-refractivity contribution in [2.24, 2.45) is 4.99 Å². The predicted molar refractivity (Wildman–Crippen MR) is 117 cm³/mol. The summed E-state index contributed by atoms with van der Waals surface area (Å²) in [6.45, 7) is 0. The number of anilines is 1. The Balaban J connectivity index is 1.71. The van der Waals surface area contributed by atoms with E-state index in [9.17, 15) is 9.90 Å². The average molecular weight is 382 g/mol. The lowest BCUT2D eigenvalue weighted by Gasteiger charge is -2.26.